The van der Waals surface area contributed by atoms with Crippen molar-refractivity contribution in [1.82, 2.24) is 20.1 Å². The maximum atomic E-state index is 13.5. The van der Waals surface area contributed by atoms with E-state index in [0.717, 1.165) is 41.4 Å². The number of rotatable bonds is 4. The van der Waals surface area contributed by atoms with E-state index in [4.69, 9.17) is 4.74 Å². The van der Waals surface area contributed by atoms with Crippen LogP contribution in [0.2, 0.25) is 0 Å². The lowest BCUT2D eigenvalue weighted by molar-refractivity contribution is 0.186. The second kappa shape index (κ2) is 8.65. The molecule has 176 valence electrons. The molecule has 4 heterocycles. The molecule has 1 aromatic carbocycles. The summed E-state index contributed by atoms with van der Waals surface area (Å²) in [4.78, 5) is 9.46. The number of hydrogen-bond acceptors (Lipinski definition) is 7. The standard InChI is InChI=1S/C25H32N4O3S/c1-17(2)28-11-8-19(9-12-28)33(30,31)20-6-7-23-21(15-20)25-27-22(16-29(25)13-14-32-23)24-18(3)5-4-10-26-24/h4-7,10,15-17,19,25,27H,8-9,11-14H2,1-3H3. The number of fused-ring (bicyclic) bond motifs is 3. The Hall–Kier alpha value is -2.58. The van der Waals surface area contributed by atoms with Crippen LogP contribution in [-0.4, -0.2) is 60.7 Å². The Kier molecular flexibility index (Phi) is 5.82. The monoisotopic (exact) mass is 468 g/mol. The summed E-state index contributed by atoms with van der Waals surface area (Å²) in [6.45, 7) is 9.26. The predicted molar refractivity (Wildman–Crippen MR) is 128 cm³/mol. The zero-order valence-electron chi connectivity index (χ0n) is 19.5. The minimum Gasteiger partial charge on any atom is -0.491 e. The van der Waals surface area contributed by atoms with E-state index < -0.39 is 9.84 Å². The first kappa shape index (κ1) is 22.2. The average Bonchev–Trinajstić information content (AvgIpc) is 3.15. The first-order chi connectivity index (χ1) is 15.8. The zero-order chi connectivity index (χ0) is 23.2. The van der Waals surface area contributed by atoms with Gasteiger partial charge in [0, 0.05) is 24.0 Å². The van der Waals surface area contributed by atoms with E-state index in [-0.39, 0.29) is 11.4 Å². The number of ether oxygens (including phenoxy) is 1. The number of aryl methyl sites for hydroxylation is 1. The van der Waals surface area contributed by atoms with Gasteiger partial charge in [-0.3, -0.25) is 4.98 Å². The van der Waals surface area contributed by atoms with Gasteiger partial charge in [-0.1, -0.05) is 6.07 Å². The summed E-state index contributed by atoms with van der Waals surface area (Å²) in [5.74, 6) is 0.732. The van der Waals surface area contributed by atoms with Crippen molar-refractivity contribution in [3.8, 4) is 5.75 Å². The highest BCUT2D eigenvalue weighted by Crippen LogP contribution is 2.38. The van der Waals surface area contributed by atoms with E-state index in [1.54, 1.807) is 12.3 Å². The van der Waals surface area contributed by atoms with Crippen LogP contribution < -0.4 is 10.1 Å². The molecule has 33 heavy (non-hydrogen) atoms. The summed E-state index contributed by atoms with van der Waals surface area (Å²) >= 11 is 0. The smallest absolute Gasteiger partial charge is 0.181 e. The first-order valence-corrected chi connectivity index (χ1v) is 13.3. The number of sulfone groups is 1. The summed E-state index contributed by atoms with van der Waals surface area (Å²) in [5.41, 5.74) is 3.80. The molecular weight excluding hydrogens is 436 g/mol. The molecule has 0 bridgehead atoms. The van der Waals surface area contributed by atoms with Gasteiger partial charge in [0.25, 0.3) is 0 Å². The van der Waals surface area contributed by atoms with Gasteiger partial charge in [-0.15, -0.1) is 0 Å². The second-order valence-corrected chi connectivity index (χ2v) is 11.6. The van der Waals surface area contributed by atoms with Crippen LogP contribution in [0.1, 0.15) is 49.7 Å². The molecule has 3 aliphatic rings. The fraction of sp³-hybridized carbons (Fsp3) is 0.480. The first-order valence-electron chi connectivity index (χ1n) is 11.8. The van der Waals surface area contributed by atoms with Crippen LogP contribution in [0, 0.1) is 6.92 Å². The number of benzene rings is 1. The van der Waals surface area contributed by atoms with Crippen LogP contribution in [0.25, 0.3) is 5.70 Å². The minimum atomic E-state index is -3.42. The highest BCUT2D eigenvalue weighted by atomic mass is 32.2. The van der Waals surface area contributed by atoms with Crippen molar-refractivity contribution in [1.29, 1.82) is 0 Å². The van der Waals surface area contributed by atoms with Gasteiger partial charge in [0.15, 0.2) is 9.84 Å². The molecule has 1 unspecified atom stereocenters. The highest BCUT2D eigenvalue weighted by molar-refractivity contribution is 7.92. The molecule has 8 heteroatoms. The minimum absolute atomic E-state index is 0.183. The number of nitrogens with one attached hydrogen (secondary N) is 1. The predicted octanol–water partition coefficient (Wildman–Crippen LogP) is 3.33. The van der Waals surface area contributed by atoms with Crippen LogP contribution in [0.15, 0.2) is 47.6 Å². The second-order valence-electron chi connectivity index (χ2n) is 9.42. The number of nitrogens with zero attached hydrogens (tertiary/aromatic N) is 3. The molecule has 1 atom stereocenters. The van der Waals surface area contributed by atoms with Crippen LogP contribution in [0.5, 0.6) is 5.75 Å². The number of hydrogen-bond donors (Lipinski definition) is 1. The Morgan fingerprint density at radius 3 is 2.67 bits per heavy atom. The van der Waals surface area contributed by atoms with Crippen molar-refractivity contribution >= 4 is 15.5 Å². The van der Waals surface area contributed by atoms with Crippen molar-refractivity contribution in [2.75, 3.05) is 26.2 Å². The number of pyridine rings is 1. The maximum absolute atomic E-state index is 13.5. The Bertz CT molecular complexity index is 1170. The summed E-state index contributed by atoms with van der Waals surface area (Å²) in [5, 5.41) is 3.23. The van der Waals surface area contributed by atoms with E-state index in [1.807, 2.05) is 31.2 Å². The number of likely N-dealkylation sites (tertiary alicyclic amines) is 1. The SMILES string of the molecule is Cc1cccnc1C1=CN2CCOc3ccc(S(=O)(=O)C4CCN(C(C)C)CC4)cc3C2N1. The lowest BCUT2D eigenvalue weighted by Gasteiger charge is -2.34. The Morgan fingerprint density at radius 1 is 1.15 bits per heavy atom. The van der Waals surface area contributed by atoms with Crippen LogP contribution >= 0.6 is 0 Å². The summed E-state index contributed by atoms with van der Waals surface area (Å²) in [6.07, 6.45) is 5.03. The molecule has 1 saturated heterocycles. The summed E-state index contributed by atoms with van der Waals surface area (Å²) in [6, 6.07) is 9.77. The summed E-state index contributed by atoms with van der Waals surface area (Å²) in [7, 11) is -3.42. The molecule has 0 spiro atoms. The molecule has 3 aliphatic heterocycles. The van der Waals surface area contributed by atoms with Crippen molar-refractivity contribution in [3.63, 3.8) is 0 Å². The molecule has 0 radical (unpaired) electrons. The van der Waals surface area contributed by atoms with Gasteiger partial charge in [-0.2, -0.15) is 0 Å². The Labute approximate surface area is 196 Å². The maximum Gasteiger partial charge on any atom is 0.181 e. The molecular formula is C25H32N4O3S. The quantitative estimate of drug-likeness (QED) is 0.738. The van der Waals surface area contributed by atoms with Crippen molar-refractivity contribution in [3.05, 3.63) is 59.5 Å². The third-order valence-corrected chi connectivity index (χ3v) is 9.30. The van der Waals surface area contributed by atoms with Gasteiger partial charge < -0.3 is 19.9 Å². The molecule has 1 fully saturated rings. The third kappa shape index (κ3) is 4.10. The highest BCUT2D eigenvalue weighted by Gasteiger charge is 2.35. The van der Waals surface area contributed by atoms with Gasteiger partial charge >= 0.3 is 0 Å². The van der Waals surface area contributed by atoms with Crippen molar-refractivity contribution < 1.29 is 13.2 Å². The molecule has 1 aromatic heterocycles. The van der Waals surface area contributed by atoms with Gasteiger partial charge in [0.2, 0.25) is 0 Å². The largest absolute Gasteiger partial charge is 0.491 e. The molecule has 0 saturated carbocycles. The fourth-order valence-corrected chi connectivity index (χ4v) is 6.82. The fourth-order valence-electron chi connectivity index (χ4n) is 5.06. The molecule has 0 amide bonds. The van der Waals surface area contributed by atoms with Crippen LogP contribution in [-0.2, 0) is 9.84 Å². The van der Waals surface area contributed by atoms with Crippen molar-refractivity contribution in [2.24, 2.45) is 0 Å². The lowest BCUT2D eigenvalue weighted by Crippen LogP contribution is -2.42. The number of aromatic nitrogens is 1. The average molecular weight is 469 g/mol. The molecule has 0 aliphatic carbocycles. The van der Waals surface area contributed by atoms with E-state index >= 15 is 0 Å². The van der Waals surface area contributed by atoms with E-state index in [1.165, 1.54) is 0 Å². The number of piperidine rings is 1. The normalized spacial score (nSPS) is 21.6. The topological polar surface area (TPSA) is 74.8 Å². The zero-order valence-corrected chi connectivity index (χ0v) is 20.3. The Balaban J connectivity index is 1.43. The van der Waals surface area contributed by atoms with Gasteiger partial charge in [-0.05, 0) is 76.5 Å². The van der Waals surface area contributed by atoms with Gasteiger partial charge in [-0.25, -0.2) is 8.42 Å². The van der Waals surface area contributed by atoms with Gasteiger partial charge in [0.05, 0.1) is 28.1 Å². The van der Waals surface area contributed by atoms with E-state index in [0.29, 0.717) is 36.9 Å². The molecule has 5 rings (SSSR count). The van der Waals surface area contributed by atoms with Gasteiger partial charge in [0.1, 0.15) is 18.5 Å². The molecule has 2 aromatic rings. The lowest BCUT2D eigenvalue weighted by atomic mass is 10.1. The molecule has 1 N–H and O–H groups in total. The Morgan fingerprint density at radius 2 is 1.94 bits per heavy atom. The van der Waals surface area contributed by atoms with Crippen molar-refractivity contribution in [2.45, 2.75) is 56.0 Å². The molecule has 7 nitrogen and oxygen atoms in total. The van der Waals surface area contributed by atoms with E-state index in [9.17, 15) is 8.42 Å². The summed E-state index contributed by atoms with van der Waals surface area (Å²) < 4.78 is 33.1. The van der Waals surface area contributed by atoms with E-state index in [2.05, 4.69) is 40.1 Å². The van der Waals surface area contributed by atoms with Crippen LogP contribution in [0.4, 0.5) is 0 Å². The van der Waals surface area contributed by atoms with Crippen LogP contribution in [0.3, 0.4) is 0 Å². The third-order valence-electron chi connectivity index (χ3n) is 7.04.